The highest BCUT2D eigenvalue weighted by molar-refractivity contribution is 5.23. The monoisotopic (exact) mass is 295 g/mol. The first-order chi connectivity index (χ1) is 10.1. The summed E-state index contributed by atoms with van der Waals surface area (Å²) in [6, 6.07) is 3.41. The average molecular weight is 295 g/mol. The van der Waals surface area contributed by atoms with Crippen LogP contribution < -0.4 is 5.73 Å². The van der Waals surface area contributed by atoms with Crippen LogP contribution in [0, 0.1) is 29.4 Å². The first-order valence-corrected chi connectivity index (χ1v) is 7.91. The average Bonchev–Trinajstić information content (AvgIpc) is 3.00. The molecule has 2 aliphatic carbocycles. The summed E-state index contributed by atoms with van der Waals surface area (Å²) in [5.74, 6) is 0.481. The lowest BCUT2D eigenvalue weighted by molar-refractivity contribution is 0.101. The van der Waals surface area contributed by atoms with Gasteiger partial charge in [-0.15, -0.1) is 0 Å². The van der Waals surface area contributed by atoms with Crippen LogP contribution in [0.1, 0.15) is 43.6 Å². The Hall–Kier alpha value is -1.00. The van der Waals surface area contributed by atoms with Crippen LogP contribution in [0.2, 0.25) is 0 Å². The summed E-state index contributed by atoms with van der Waals surface area (Å²) in [5.41, 5.74) is 6.21. The van der Waals surface area contributed by atoms with E-state index < -0.39 is 23.7 Å². The number of nitrogens with two attached hydrogens (primary N) is 1. The van der Waals surface area contributed by atoms with E-state index in [1.54, 1.807) is 0 Å². The van der Waals surface area contributed by atoms with Gasteiger partial charge >= 0.3 is 0 Å². The molecule has 0 aliphatic heterocycles. The summed E-state index contributed by atoms with van der Waals surface area (Å²) in [4.78, 5) is 0. The van der Waals surface area contributed by atoms with E-state index in [2.05, 4.69) is 0 Å². The maximum atomic E-state index is 13.4. The molecule has 0 amide bonds. The molecule has 0 aromatic heterocycles. The molecule has 0 heterocycles. The van der Waals surface area contributed by atoms with E-state index in [1.807, 2.05) is 0 Å². The van der Waals surface area contributed by atoms with Crippen LogP contribution in [0.25, 0.3) is 0 Å². The maximum absolute atomic E-state index is 13.4. The summed E-state index contributed by atoms with van der Waals surface area (Å²) >= 11 is 0. The predicted octanol–water partition coefficient (Wildman–Crippen LogP) is 3.19. The molecule has 2 bridgehead atoms. The third-order valence-corrected chi connectivity index (χ3v) is 5.46. The predicted molar refractivity (Wildman–Crippen MR) is 77.7 cm³/mol. The van der Waals surface area contributed by atoms with Crippen molar-refractivity contribution in [3.8, 4) is 0 Å². The lowest BCUT2D eigenvalue weighted by Gasteiger charge is -2.28. The van der Waals surface area contributed by atoms with Crippen molar-refractivity contribution in [2.75, 3.05) is 6.54 Å². The molecule has 5 atom stereocenters. The summed E-state index contributed by atoms with van der Waals surface area (Å²) in [7, 11) is 0. The Balaban J connectivity index is 1.70. The van der Waals surface area contributed by atoms with Crippen LogP contribution in [0.4, 0.5) is 8.78 Å². The highest BCUT2D eigenvalue weighted by Gasteiger charge is 2.40. The fourth-order valence-electron chi connectivity index (χ4n) is 4.44. The van der Waals surface area contributed by atoms with Crippen molar-refractivity contribution < 1.29 is 13.9 Å². The largest absolute Gasteiger partial charge is 0.392 e. The molecule has 2 fully saturated rings. The molecule has 1 aromatic carbocycles. The summed E-state index contributed by atoms with van der Waals surface area (Å²) < 4.78 is 26.7. The minimum Gasteiger partial charge on any atom is -0.392 e. The molecule has 3 N–H and O–H groups in total. The van der Waals surface area contributed by atoms with Crippen molar-refractivity contribution in [3.05, 3.63) is 35.4 Å². The number of benzene rings is 1. The molecule has 2 saturated carbocycles. The van der Waals surface area contributed by atoms with Crippen molar-refractivity contribution in [1.29, 1.82) is 0 Å². The van der Waals surface area contributed by atoms with E-state index in [9.17, 15) is 13.9 Å². The van der Waals surface area contributed by atoms with Gasteiger partial charge < -0.3 is 10.8 Å². The van der Waals surface area contributed by atoms with Crippen molar-refractivity contribution >= 4 is 0 Å². The number of hydrogen-bond donors (Lipinski definition) is 2. The Morgan fingerprint density at radius 3 is 2.38 bits per heavy atom. The number of aliphatic hydroxyl groups excluding tert-OH is 1. The van der Waals surface area contributed by atoms with E-state index >= 15 is 0 Å². The van der Waals surface area contributed by atoms with E-state index in [1.165, 1.54) is 37.8 Å². The van der Waals surface area contributed by atoms with Gasteiger partial charge in [0.1, 0.15) is 11.6 Å². The van der Waals surface area contributed by atoms with Gasteiger partial charge in [-0.1, -0.05) is 6.42 Å². The van der Waals surface area contributed by atoms with Crippen LogP contribution in [0.5, 0.6) is 0 Å². The maximum Gasteiger partial charge on any atom is 0.126 e. The Morgan fingerprint density at radius 1 is 1.14 bits per heavy atom. The number of hydrogen-bond acceptors (Lipinski definition) is 2. The van der Waals surface area contributed by atoms with E-state index in [0.717, 1.165) is 17.9 Å². The number of fused-ring (bicyclic) bond motifs is 2. The van der Waals surface area contributed by atoms with E-state index in [0.29, 0.717) is 17.9 Å². The quantitative estimate of drug-likeness (QED) is 0.876. The van der Waals surface area contributed by atoms with Gasteiger partial charge in [-0.25, -0.2) is 8.78 Å². The Kier molecular flexibility index (Phi) is 4.27. The SMILES string of the molecule is NCC(c1cc(F)cc(F)c1)C(O)CC1CC2CCC1C2. The van der Waals surface area contributed by atoms with Gasteiger partial charge in [0.15, 0.2) is 0 Å². The van der Waals surface area contributed by atoms with Crippen LogP contribution in [-0.2, 0) is 0 Å². The van der Waals surface area contributed by atoms with Crippen LogP contribution in [0.15, 0.2) is 18.2 Å². The van der Waals surface area contributed by atoms with E-state index in [-0.39, 0.29) is 6.54 Å². The van der Waals surface area contributed by atoms with E-state index in [4.69, 9.17) is 5.73 Å². The van der Waals surface area contributed by atoms with Gasteiger partial charge in [-0.3, -0.25) is 0 Å². The van der Waals surface area contributed by atoms with Crippen LogP contribution in [0.3, 0.4) is 0 Å². The lowest BCUT2D eigenvalue weighted by Crippen LogP contribution is -2.29. The molecule has 4 heteroatoms. The minimum absolute atomic E-state index is 0.199. The third kappa shape index (κ3) is 3.11. The molecule has 1 aromatic rings. The zero-order valence-electron chi connectivity index (χ0n) is 12.1. The smallest absolute Gasteiger partial charge is 0.126 e. The molecule has 0 saturated heterocycles. The summed E-state index contributed by atoms with van der Waals surface area (Å²) in [6.45, 7) is 0.199. The fraction of sp³-hybridized carbons (Fsp3) is 0.647. The molecule has 2 aliphatic rings. The highest BCUT2D eigenvalue weighted by atomic mass is 19.1. The number of halogens is 2. The highest BCUT2D eigenvalue weighted by Crippen LogP contribution is 2.50. The molecule has 0 spiro atoms. The number of aliphatic hydroxyl groups is 1. The van der Waals surface area contributed by atoms with Crippen LogP contribution in [-0.4, -0.2) is 17.8 Å². The topological polar surface area (TPSA) is 46.2 Å². The summed E-state index contributed by atoms with van der Waals surface area (Å²) in [6.07, 6.45) is 5.15. The zero-order chi connectivity index (χ0) is 15.0. The Morgan fingerprint density at radius 2 is 1.86 bits per heavy atom. The first-order valence-electron chi connectivity index (χ1n) is 7.91. The zero-order valence-corrected chi connectivity index (χ0v) is 12.1. The standard InChI is InChI=1S/C17H23F2NO/c18-14-5-13(6-15(19)8-14)16(9-20)17(21)7-12-4-10-1-2-11(12)3-10/h5-6,8,10-12,16-17,21H,1-4,7,9,20H2. The van der Waals surface area contributed by atoms with Crippen molar-refractivity contribution in [3.63, 3.8) is 0 Å². The van der Waals surface area contributed by atoms with Gasteiger partial charge in [0, 0.05) is 18.5 Å². The molecule has 5 unspecified atom stereocenters. The van der Waals surface area contributed by atoms with Gasteiger partial charge in [0.05, 0.1) is 6.10 Å². The molecular formula is C17H23F2NO. The second kappa shape index (κ2) is 6.01. The summed E-state index contributed by atoms with van der Waals surface area (Å²) in [5, 5.41) is 10.5. The first kappa shape index (κ1) is 14.9. The molecule has 116 valence electrons. The van der Waals surface area contributed by atoms with Gasteiger partial charge in [-0.05, 0) is 61.1 Å². The molecule has 0 radical (unpaired) electrons. The fourth-order valence-corrected chi connectivity index (χ4v) is 4.44. The normalized spacial score (nSPS) is 30.6. The molecule has 2 nitrogen and oxygen atoms in total. The van der Waals surface area contributed by atoms with Gasteiger partial charge in [-0.2, -0.15) is 0 Å². The minimum atomic E-state index is -0.624. The van der Waals surface area contributed by atoms with Crippen molar-refractivity contribution in [2.45, 2.75) is 44.1 Å². The van der Waals surface area contributed by atoms with Gasteiger partial charge in [0.25, 0.3) is 0 Å². The molecular weight excluding hydrogens is 272 g/mol. The second-order valence-electron chi connectivity index (χ2n) is 6.78. The number of rotatable bonds is 5. The third-order valence-electron chi connectivity index (χ3n) is 5.46. The van der Waals surface area contributed by atoms with Crippen molar-refractivity contribution in [2.24, 2.45) is 23.5 Å². The van der Waals surface area contributed by atoms with Crippen LogP contribution >= 0.6 is 0 Å². The second-order valence-corrected chi connectivity index (χ2v) is 6.78. The Labute approximate surface area is 124 Å². The van der Waals surface area contributed by atoms with Crippen molar-refractivity contribution in [1.82, 2.24) is 0 Å². The lowest BCUT2D eigenvalue weighted by atomic mass is 9.80. The van der Waals surface area contributed by atoms with Gasteiger partial charge in [0.2, 0.25) is 0 Å². The molecule has 21 heavy (non-hydrogen) atoms. The molecule has 3 rings (SSSR count). The Bertz CT molecular complexity index is 487.